The minimum atomic E-state index is -0.335. The quantitative estimate of drug-likeness (QED) is 0.372. The lowest BCUT2D eigenvalue weighted by Crippen LogP contribution is -2.33. The number of nitrogens with zero attached hydrogens (tertiary/aromatic N) is 2. The molecule has 0 radical (unpaired) electrons. The number of amides is 1. The van der Waals surface area contributed by atoms with E-state index in [1.807, 2.05) is 20.8 Å². The van der Waals surface area contributed by atoms with Crippen LogP contribution in [0.15, 0.2) is 34.3 Å². The zero-order chi connectivity index (χ0) is 21.0. The van der Waals surface area contributed by atoms with Crippen molar-refractivity contribution in [2.75, 3.05) is 6.54 Å². The van der Waals surface area contributed by atoms with E-state index < -0.39 is 0 Å². The molecule has 1 N–H and O–H groups in total. The Morgan fingerprint density at radius 2 is 2.24 bits per heavy atom. The highest BCUT2D eigenvalue weighted by Crippen LogP contribution is 2.29. The van der Waals surface area contributed by atoms with Crippen molar-refractivity contribution in [3.8, 4) is 0 Å². The molecule has 5 nitrogen and oxygen atoms in total. The maximum Gasteiger partial charge on any atom is 0.263 e. The molecule has 0 fully saturated rings. The molecule has 0 aliphatic heterocycles. The average Bonchev–Trinajstić information content (AvgIpc) is 2.99. The van der Waals surface area contributed by atoms with Gasteiger partial charge in [0.2, 0.25) is 5.91 Å². The molecule has 0 saturated heterocycles. The Hall–Kier alpha value is -1.86. The maximum atomic E-state index is 13.0. The second-order valence-corrected chi connectivity index (χ2v) is 9.98. The van der Waals surface area contributed by atoms with E-state index in [0.29, 0.717) is 23.6 Å². The van der Waals surface area contributed by atoms with E-state index in [1.54, 1.807) is 10.6 Å². The normalized spacial score (nSPS) is 15.2. The summed E-state index contributed by atoms with van der Waals surface area (Å²) < 4.78 is 1.62. The van der Waals surface area contributed by atoms with Crippen LogP contribution in [0.4, 0.5) is 0 Å². The van der Waals surface area contributed by atoms with Gasteiger partial charge in [0.15, 0.2) is 5.16 Å². The zero-order valence-corrected chi connectivity index (χ0v) is 19.0. The summed E-state index contributed by atoms with van der Waals surface area (Å²) in [7, 11) is 0. The van der Waals surface area contributed by atoms with Crippen LogP contribution < -0.4 is 10.9 Å². The second-order valence-electron chi connectivity index (χ2n) is 7.47. The monoisotopic (exact) mass is 431 g/mol. The van der Waals surface area contributed by atoms with Crippen LogP contribution in [0.1, 0.15) is 49.5 Å². The first-order valence-corrected chi connectivity index (χ1v) is 11.9. The van der Waals surface area contributed by atoms with Gasteiger partial charge in [-0.15, -0.1) is 17.9 Å². The van der Waals surface area contributed by atoms with E-state index in [0.717, 1.165) is 34.5 Å². The fourth-order valence-corrected chi connectivity index (χ4v) is 5.53. The zero-order valence-electron chi connectivity index (χ0n) is 17.4. The van der Waals surface area contributed by atoms with Crippen LogP contribution in [0.25, 0.3) is 10.2 Å². The molecule has 0 unspecified atom stereocenters. The summed E-state index contributed by atoms with van der Waals surface area (Å²) in [5.74, 6) is -0.0237. The Labute approximate surface area is 180 Å². The van der Waals surface area contributed by atoms with E-state index in [9.17, 15) is 9.59 Å². The van der Waals surface area contributed by atoms with Crippen LogP contribution in [-0.4, -0.2) is 27.3 Å². The van der Waals surface area contributed by atoms with Gasteiger partial charge in [-0.2, -0.15) is 0 Å². The molecule has 2 aromatic rings. The summed E-state index contributed by atoms with van der Waals surface area (Å²) in [6.45, 7) is 10.6. The highest BCUT2D eigenvalue weighted by Gasteiger charge is 2.21. The standard InChI is InChI=1S/C22H29N3O2S2/c1-5-13-25-21(27)18-14(2)15(3)28-20(18)24-22(25)29-16(4)19(26)23-12-11-17-9-7-6-8-10-17/h5,9,16H,1,6-8,10-13H2,2-4H3,(H,23,26)/t16-/m0/s1. The van der Waals surface area contributed by atoms with Crippen LogP contribution in [0.3, 0.4) is 0 Å². The van der Waals surface area contributed by atoms with Crippen molar-refractivity contribution < 1.29 is 4.79 Å². The SMILES string of the molecule is C=CCn1c(S[C@@H](C)C(=O)NCCC2=CCCCC2)nc2sc(C)c(C)c2c1=O. The van der Waals surface area contributed by atoms with Gasteiger partial charge in [-0.3, -0.25) is 14.2 Å². The molecule has 0 bridgehead atoms. The van der Waals surface area contributed by atoms with Crippen LogP contribution in [0, 0.1) is 13.8 Å². The summed E-state index contributed by atoms with van der Waals surface area (Å²) >= 11 is 2.86. The summed E-state index contributed by atoms with van der Waals surface area (Å²) in [5, 5.41) is 3.95. The van der Waals surface area contributed by atoms with Gasteiger partial charge in [-0.05, 0) is 58.4 Å². The van der Waals surface area contributed by atoms with E-state index in [1.165, 1.54) is 41.5 Å². The first-order chi connectivity index (χ1) is 13.9. The Morgan fingerprint density at radius 1 is 1.45 bits per heavy atom. The smallest absolute Gasteiger partial charge is 0.263 e. The molecule has 2 heterocycles. The van der Waals surface area contributed by atoms with Crippen molar-refractivity contribution in [2.45, 2.75) is 69.8 Å². The molecular weight excluding hydrogens is 402 g/mol. The average molecular weight is 432 g/mol. The van der Waals surface area contributed by atoms with Gasteiger partial charge >= 0.3 is 0 Å². The van der Waals surface area contributed by atoms with E-state index in [2.05, 4.69) is 18.0 Å². The summed E-state index contributed by atoms with van der Waals surface area (Å²) in [6, 6.07) is 0. The van der Waals surface area contributed by atoms with Crippen molar-refractivity contribution in [3.63, 3.8) is 0 Å². The van der Waals surface area contributed by atoms with E-state index in [-0.39, 0.29) is 16.7 Å². The van der Waals surface area contributed by atoms with Crippen LogP contribution in [0.5, 0.6) is 0 Å². The summed E-state index contributed by atoms with van der Waals surface area (Å²) in [5.41, 5.74) is 2.38. The third-order valence-corrected chi connectivity index (χ3v) is 7.54. The molecule has 29 heavy (non-hydrogen) atoms. The lowest BCUT2D eigenvalue weighted by atomic mass is 9.97. The van der Waals surface area contributed by atoms with Crippen LogP contribution in [-0.2, 0) is 11.3 Å². The number of nitrogens with one attached hydrogen (secondary N) is 1. The molecule has 1 aliphatic carbocycles. The lowest BCUT2D eigenvalue weighted by Gasteiger charge is -2.16. The Balaban J connectivity index is 1.73. The van der Waals surface area contributed by atoms with Gasteiger partial charge in [0.25, 0.3) is 5.56 Å². The van der Waals surface area contributed by atoms with Gasteiger partial charge in [0.05, 0.1) is 10.6 Å². The number of aromatic nitrogens is 2. The van der Waals surface area contributed by atoms with Gasteiger partial charge in [-0.25, -0.2) is 4.98 Å². The number of aryl methyl sites for hydroxylation is 2. The number of hydrogen-bond donors (Lipinski definition) is 1. The predicted octanol–water partition coefficient (Wildman–Crippen LogP) is 4.75. The van der Waals surface area contributed by atoms with Gasteiger partial charge < -0.3 is 5.32 Å². The summed E-state index contributed by atoms with van der Waals surface area (Å²) in [4.78, 5) is 32.2. The molecule has 2 aromatic heterocycles. The molecule has 0 aromatic carbocycles. The highest BCUT2D eigenvalue weighted by atomic mass is 32.2. The Bertz CT molecular complexity index is 1000. The lowest BCUT2D eigenvalue weighted by molar-refractivity contribution is -0.120. The molecular formula is C22H29N3O2S2. The number of allylic oxidation sites excluding steroid dienone is 2. The first kappa shape index (κ1) is 21.8. The van der Waals surface area contributed by atoms with Crippen molar-refractivity contribution in [3.05, 3.63) is 45.1 Å². The topological polar surface area (TPSA) is 64.0 Å². The van der Waals surface area contributed by atoms with Gasteiger partial charge in [0.1, 0.15) is 4.83 Å². The fourth-order valence-electron chi connectivity index (χ4n) is 3.52. The number of rotatable bonds is 8. The van der Waals surface area contributed by atoms with Gasteiger partial charge in [-0.1, -0.05) is 29.5 Å². The van der Waals surface area contributed by atoms with Crippen molar-refractivity contribution in [1.82, 2.24) is 14.9 Å². The van der Waals surface area contributed by atoms with Crippen molar-refractivity contribution in [1.29, 1.82) is 0 Å². The Kier molecular flexibility index (Phi) is 7.35. The fraction of sp³-hybridized carbons (Fsp3) is 0.500. The number of fused-ring (bicyclic) bond motifs is 1. The molecule has 1 aliphatic rings. The first-order valence-electron chi connectivity index (χ1n) is 10.2. The van der Waals surface area contributed by atoms with Crippen LogP contribution >= 0.6 is 23.1 Å². The highest BCUT2D eigenvalue weighted by molar-refractivity contribution is 8.00. The number of carbonyl (C=O) groups is 1. The van der Waals surface area contributed by atoms with E-state index in [4.69, 9.17) is 4.98 Å². The minimum absolute atomic E-state index is 0.0237. The molecule has 0 saturated carbocycles. The number of thioether (sulfide) groups is 1. The minimum Gasteiger partial charge on any atom is -0.355 e. The molecule has 156 valence electrons. The molecule has 1 atom stereocenters. The number of carbonyl (C=O) groups excluding carboxylic acids is 1. The summed E-state index contributed by atoms with van der Waals surface area (Å²) in [6.07, 6.45) is 9.76. The molecule has 1 amide bonds. The largest absolute Gasteiger partial charge is 0.355 e. The van der Waals surface area contributed by atoms with Crippen molar-refractivity contribution in [2.24, 2.45) is 0 Å². The van der Waals surface area contributed by atoms with Crippen LogP contribution in [0.2, 0.25) is 0 Å². The molecule has 7 heteroatoms. The van der Waals surface area contributed by atoms with E-state index >= 15 is 0 Å². The van der Waals surface area contributed by atoms with Gasteiger partial charge in [0, 0.05) is 18.0 Å². The third-order valence-electron chi connectivity index (χ3n) is 5.35. The molecule has 0 spiro atoms. The third kappa shape index (κ3) is 5.01. The number of hydrogen-bond acceptors (Lipinski definition) is 5. The second kappa shape index (κ2) is 9.76. The predicted molar refractivity (Wildman–Crippen MR) is 123 cm³/mol. The maximum absolute atomic E-state index is 13.0. The molecule has 3 rings (SSSR count). The van der Waals surface area contributed by atoms with Crippen molar-refractivity contribution >= 4 is 39.2 Å². The Morgan fingerprint density at radius 3 is 2.93 bits per heavy atom. The number of thiophene rings is 1.